The van der Waals surface area contributed by atoms with Crippen LogP contribution in [0.15, 0.2) is 127 Å². The summed E-state index contributed by atoms with van der Waals surface area (Å²) in [5, 5.41) is 3.91. The molecule has 8 rings (SSSR count). The smallest absolute Gasteiger partial charge is 0.160 e. The van der Waals surface area contributed by atoms with Gasteiger partial charge >= 0.3 is 0 Å². The first kappa shape index (κ1) is 23.4. The molecule has 3 heterocycles. The second-order valence-electron chi connectivity index (χ2n) is 11.5. The minimum atomic E-state index is -1.91. The number of hydrogen-bond acceptors (Lipinski definition) is 2. The lowest BCUT2D eigenvalue weighted by atomic mass is 9.95. The van der Waals surface area contributed by atoms with E-state index in [-0.39, 0.29) is 0 Å². The van der Waals surface area contributed by atoms with Gasteiger partial charge in [0, 0.05) is 33.5 Å². The fourth-order valence-electron chi connectivity index (χ4n) is 6.98. The van der Waals surface area contributed by atoms with Gasteiger partial charge in [0.1, 0.15) is 0 Å². The second kappa shape index (κ2) is 8.73. The largest absolute Gasteiger partial charge is 0.309 e. The summed E-state index contributed by atoms with van der Waals surface area (Å²) in [7, 11) is -1.91. The van der Waals surface area contributed by atoms with Gasteiger partial charge in [0.05, 0.1) is 30.5 Å². The van der Waals surface area contributed by atoms with Crippen molar-refractivity contribution in [2.24, 2.45) is 0 Å². The Bertz CT molecular complexity index is 1980. The number of nitrogens with zero attached hydrogens (tertiary/aromatic N) is 3. The molecule has 3 nitrogen and oxygen atoms in total. The van der Waals surface area contributed by atoms with E-state index in [9.17, 15) is 0 Å². The molecule has 0 spiro atoms. The van der Waals surface area contributed by atoms with Crippen molar-refractivity contribution in [1.29, 1.82) is 0 Å². The number of para-hydroxylation sites is 2. The highest BCUT2D eigenvalue weighted by atomic mass is 28.3. The average molecular weight is 532 g/mol. The Morgan fingerprint density at radius 1 is 0.650 bits per heavy atom. The molecule has 0 amide bonds. The first-order chi connectivity index (χ1) is 19.6. The highest BCUT2D eigenvalue weighted by Crippen LogP contribution is 2.48. The maximum Gasteiger partial charge on any atom is 0.160 e. The molecule has 2 aromatic heterocycles. The lowest BCUT2D eigenvalue weighted by Crippen LogP contribution is -2.43. The Balaban J connectivity index is 1.42. The van der Waals surface area contributed by atoms with Crippen molar-refractivity contribution in [3.8, 4) is 28.3 Å². The monoisotopic (exact) mass is 531 g/mol. The molecular formula is C36H29N3Si. The zero-order chi connectivity index (χ0) is 26.8. The van der Waals surface area contributed by atoms with Crippen molar-refractivity contribution in [1.82, 2.24) is 14.5 Å². The van der Waals surface area contributed by atoms with Crippen LogP contribution < -0.4 is 5.19 Å². The van der Waals surface area contributed by atoms with Crippen molar-refractivity contribution in [3.05, 3.63) is 133 Å². The Morgan fingerprint density at radius 3 is 2.17 bits per heavy atom. The summed E-state index contributed by atoms with van der Waals surface area (Å²) in [5.41, 5.74) is 8.66. The molecular weight excluding hydrogens is 503 g/mol. The molecule has 2 atom stereocenters. The third kappa shape index (κ3) is 3.36. The van der Waals surface area contributed by atoms with Gasteiger partial charge in [-0.3, -0.25) is 0 Å². The summed E-state index contributed by atoms with van der Waals surface area (Å²) in [6.07, 6.45) is 9.18. The van der Waals surface area contributed by atoms with Gasteiger partial charge in [0.15, 0.2) is 5.82 Å². The van der Waals surface area contributed by atoms with Crippen molar-refractivity contribution < 1.29 is 0 Å². The van der Waals surface area contributed by atoms with Crippen LogP contribution in [0.5, 0.6) is 0 Å². The lowest BCUT2D eigenvalue weighted by molar-refractivity contribution is 0.823. The van der Waals surface area contributed by atoms with E-state index in [0.29, 0.717) is 11.5 Å². The van der Waals surface area contributed by atoms with E-state index in [1.54, 1.807) is 0 Å². The molecule has 40 heavy (non-hydrogen) atoms. The van der Waals surface area contributed by atoms with Gasteiger partial charge in [0.2, 0.25) is 0 Å². The standard InChI is InChI=1S/C36H29N3Si/c1-40(2)32-20-12-10-18-28(32)34-35(40)33(37-36(38-34)24-13-5-3-6-14-24)25-21-22-31-29(23-25)27-17-9-11-19-30(27)39(31)26-15-7-4-8-16-26/h3-23,28,32H,1-2H3. The van der Waals surface area contributed by atoms with E-state index in [4.69, 9.17) is 9.97 Å². The van der Waals surface area contributed by atoms with Crippen LogP contribution in [-0.2, 0) is 0 Å². The molecule has 6 aromatic rings. The van der Waals surface area contributed by atoms with Crippen LogP contribution in [0, 0.1) is 0 Å². The Morgan fingerprint density at radius 2 is 1.35 bits per heavy atom. The number of benzene rings is 4. The molecule has 2 unspecified atom stereocenters. The van der Waals surface area contributed by atoms with Crippen molar-refractivity contribution in [2.45, 2.75) is 24.6 Å². The second-order valence-corrected chi connectivity index (χ2v) is 16.1. The summed E-state index contributed by atoms with van der Waals surface area (Å²) < 4.78 is 2.37. The molecule has 0 N–H and O–H groups in total. The molecule has 0 fully saturated rings. The van der Waals surface area contributed by atoms with Gasteiger partial charge in [-0.15, -0.1) is 0 Å². The topological polar surface area (TPSA) is 30.7 Å². The first-order valence-corrected chi connectivity index (χ1v) is 17.1. The van der Waals surface area contributed by atoms with Gasteiger partial charge < -0.3 is 4.57 Å². The fraction of sp³-hybridized carbons (Fsp3) is 0.111. The summed E-state index contributed by atoms with van der Waals surface area (Å²) in [4.78, 5) is 10.6. The van der Waals surface area contributed by atoms with Crippen LogP contribution in [-0.4, -0.2) is 22.6 Å². The normalized spacial score (nSPS) is 18.8. The molecule has 0 bridgehead atoms. The summed E-state index contributed by atoms with van der Waals surface area (Å²) in [6, 6.07) is 36.7. The minimum absolute atomic E-state index is 0.314. The van der Waals surface area contributed by atoms with Crippen LogP contribution in [0.25, 0.3) is 50.1 Å². The number of allylic oxidation sites excluding steroid dienone is 4. The maximum absolute atomic E-state index is 5.36. The molecule has 4 aromatic carbocycles. The third-order valence-corrected chi connectivity index (χ3v) is 12.9. The van der Waals surface area contributed by atoms with Crippen LogP contribution in [0.4, 0.5) is 0 Å². The first-order valence-electron chi connectivity index (χ1n) is 14.0. The van der Waals surface area contributed by atoms with Crippen LogP contribution in [0.3, 0.4) is 0 Å². The van der Waals surface area contributed by atoms with Gasteiger partial charge in [-0.1, -0.05) is 110 Å². The zero-order valence-corrected chi connectivity index (χ0v) is 23.6. The average Bonchev–Trinajstić information content (AvgIpc) is 3.46. The molecule has 0 saturated carbocycles. The van der Waals surface area contributed by atoms with Crippen LogP contribution in [0.2, 0.25) is 18.6 Å². The summed E-state index contributed by atoms with van der Waals surface area (Å²) in [5.74, 6) is 1.13. The third-order valence-electron chi connectivity index (χ3n) is 8.86. The van der Waals surface area contributed by atoms with E-state index in [0.717, 1.165) is 17.1 Å². The summed E-state index contributed by atoms with van der Waals surface area (Å²) >= 11 is 0. The van der Waals surface area contributed by atoms with Gasteiger partial charge in [0.25, 0.3) is 0 Å². The quantitative estimate of drug-likeness (QED) is 0.215. The molecule has 1 aliphatic heterocycles. The van der Waals surface area contributed by atoms with E-state index >= 15 is 0 Å². The molecule has 2 aliphatic rings. The highest BCUT2D eigenvalue weighted by Gasteiger charge is 2.49. The summed E-state index contributed by atoms with van der Waals surface area (Å²) in [6.45, 7) is 4.99. The van der Waals surface area contributed by atoms with Crippen LogP contribution in [0.1, 0.15) is 11.6 Å². The fourth-order valence-corrected chi connectivity index (χ4v) is 10.8. The Kier molecular flexibility index (Phi) is 5.10. The number of rotatable bonds is 3. The number of hydrogen-bond donors (Lipinski definition) is 0. The predicted molar refractivity (Wildman–Crippen MR) is 169 cm³/mol. The predicted octanol–water partition coefficient (Wildman–Crippen LogP) is 8.42. The molecule has 1 aliphatic carbocycles. The Hall–Kier alpha value is -4.54. The molecule has 0 radical (unpaired) electrons. The van der Waals surface area contributed by atoms with Gasteiger partial charge in [-0.05, 0) is 41.1 Å². The van der Waals surface area contributed by atoms with E-state index < -0.39 is 8.07 Å². The van der Waals surface area contributed by atoms with Crippen LogP contribution >= 0.6 is 0 Å². The van der Waals surface area contributed by atoms with E-state index in [1.165, 1.54) is 43.9 Å². The minimum Gasteiger partial charge on any atom is -0.309 e. The van der Waals surface area contributed by atoms with Gasteiger partial charge in [-0.25, -0.2) is 9.97 Å². The van der Waals surface area contributed by atoms with E-state index in [1.807, 2.05) is 0 Å². The van der Waals surface area contributed by atoms with Crippen molar-refractivity contribution in [3.63, 3.8) is 0 Å². The molecule has 4 heteroatoms. The zero-order valence-electron chi connectivity index (χ0n) is 22.6. The SMILES string of the molecule is C[Si]1(C)c2c(-c3ccc4c(c3)c3ccccc3n4-c3ccccc3)nc(-c3ccccc3)nc2C2C=CC=CC21. The maximum atomic E-state index is 5.36. The van der Waals surface area contributed by atoms with Crippen molar-refractivity contribution >= 4 is 35.1 Å². The lowest BCUT2D eigenvalue weighted by Gasteiger charge is -2.27. The Labute approximate surface area is 235 Å². The highest BCUT2D eigenvalue weighted by molar-refractivity contribution is 6.93. The molecule has 0 saturated heterocycles. The number of aromatic nitrogens is 3. The molecule has 192 valence electrons. The van der Waals surface area contributed by atoms with E-state index in [2.05, 4.69) is 145 Å². The number of fused-ring (bicyclic) bond motifs is 6. The van der Waals surface area contributed by atoms with Gasteiger partial charge in [-0.2, -0.15) is 0 Å². The van der Waals surface area contributed by atoms with Crippen molar-refractivity contribution in [2.75, 3.05) is 0 Å².